The Hall–Kier alpha value is -0.130. The van der Waals surface area contributed by atoms with E-state index < -0.39 is 10.3 Å². The van der Waals surface area contributed by atoms with E-state index in [0.717, 1.165) is 25.7 Å². The van der Waals surface area contributed by atoms with Crippen LogP contribution in [-0.2, 0) is 14.5 Å². The van der Waals surface area contributed by atoms with Gasteiger partial charge in [0.2, 0.25) is 0 Å². The molecule has 0 atom stereocenters. The average Bonchev–Trinajstić information content (AvgIpc) is 2.17. The lowest BCUT2D eigenvalue weighted by Gasteiger charge is -2.19. The summed E-state index contributed by atoms with van der Waals surface area (Å²) in [5.41, 5.74) is 0. The van der Waals surface area contributed by atoms with Crippen LogP contribution >= 0.6 is 0 Å². The molecular weight excluding hydrogens is 202 g/mol. The third-order valence-electron chi connectivity index (χ3n) is 2.05. The van der Waals surface area contributed by atoms with Gasteiger partial charge in [0.25, 0.3) is 0 Å². The predicted molar refractivity (Wildman–Crippen MR) is 57.3 cm³/mol. The maximum Gasteiger partial charge on any atom is 0.338 e. The molecule has 0 aromatic heterocycles. The van der Waals surface area contributed by atoms with Crippen molar-refractivity contribution in [2.75, 3.05) is 20.2 Å². The molecule has 0 spiro atoms. The smallest absolute Gasteiger partial charge is 0.261 e. The molecule has 0 aliphatic rings. The Morgan fingerprint density at radius 2 is 1.50 bits per heavy atom. The Labute approximate surface area is 87.5 Å². The molecule has 0 aliphatic carbocycles. The molecule has 0 aliphatic heterocycles. The molecule has 0 rings (SSSR count). The van der Waals surface area contributed by atoms with Gasteiger partial charge < -0.3 is 0 Å². The largest absolute Gasteiger partial charge is 0.338 e. The SMILES string of the molecule is CCCCN(CCCC)S(=O)(=O)OC. The summed E-state index contributed by atoms with van der Waals surface area (Å²) in [6.45, 7) is 5.20. The highest BCUT2D eigenvalue weighted by Crippen LogP contribution is 2.06. The fraction of sp³-hybridized carbons (Fsp3) is 1.00. The summed E-state index contributed by atoms with van der Waals surface area (Å²) in [5.74, 6) is 0. The highest BCUT2D eigenvalue weighted by Gasteiger charge is 2.19. The molecule has 0 saturated carbocycles. The van der Waals surface area contributed by atoms with E-state index >= 15 is 0 Å². The molecule has 0 fully saturated rings. The second-order valence-corrected chi connectivity index (χ2v) is 4.94. The van der Waals surface area contributed by atoms with Crippen molar-refractivity contribution >= 4 is 10.3 Å². The van der Waals surface area contributed by atoms with Crippen molar-refractivity contribution in [2.45, 2.75) is 39.5 Å². The van der Waals surface area contributed by atoms with Crippen molar-refractivity contribution < 1.29 is 12.6 Å². The summed E-state index contributed by atoms with van der Waals surface area (Å²) in [7, 11) is -2.26. The van der Waals surface area contributed by atoms with Gasteiger partial charge in [0.05, 0.1) is 7.11 Å². The molecule has 0 aromatic rings. The van der Waals surface area contributed by atoms with E-state index in [1.165, 1.54) is 11.4 Å². The molecular formula is C9H21NO3S. The van der Waals surface area contributed by atoms with Crippen LogP contribution in [0, 0.1) is 0 Å². The Morgan fingerprint density at radius 1 is 1.07 bits per heavy atom. The molecule has 0 heterocycles. The van der Waals surface area contributed by atoms with Crippen molar-refractivity contribution in [1.29, 1.82) is 0 Å². The minimum Gasteiger partial charge on any atom is -0.261 e. The Kier molecular flexibility index (Phi) is 7.13. The van der Waals surface area contributed by atoms with Gasteiger partial charge in [-0.05, 0) is 12.8 Å². The van der Waals surface area contributed by atoms with Crippen molar-refractivity contribution in [3.8, 4) is 0 Å². The molecule has 0 radical (unpaired) electrons. The van der Waals surface area contributed by atoms with Crippen LogP contribution in [0.4, 0.5) is 0 Å². The van der Waals surface area contributed by atoms with Crippen LogP contribution in [0.3, 0.4) is 0 Å². The monoisotopic (exact) mass is 223 g/mol. The van der Waals surface area contributed by atoms with Gasteiger partial charge in [-0.15, -0.1) is 0 Å². The van der Waals surface area contributed by atoms with E-state index in [4.69, 9.17) is 0 Å². The molecule has 4 nitrogen and oxygen atoms in total. The number of unbranched alkanes of at least 4 members (excludes halogenated alkanes) is 2. The van der Waals surface area contributed by atoms with E-state index in [9.17, 15) is 8.42 Å². The molecule has 0 saturated heterocycles. The quantitative estimate of drug-likeness (QED) is 0.630. The lowest BCUT2D eigenvalue weighted by atomic mass is 10.3. The molecule has 0 unspecified atom stereocenters. The molecule has 5 heteroatoms. The van der Waals surface area contributed by atoms with Gasteiger partial charge in [-0.2, -0.15) is 12.7 Å². The third-order valence-corrected chi connectivity index (χ3v) is 3.47. The highest BCUT2D eigenvalue weighted by atomic mass is 32.2. The first-order valence-corrected chi connectivity index (χ1v) is 6.50. The summed E-state index contributed by atoms with van der Waals surface area (Å²) >= 11 is 0. The van der Waals surface area contributed by atoms with Crippen LogP contribution in [-0.4, -0.2) is 32.9 Å². The summed E-state index contributed by atoms with van der Waals surface area (Å²) < 4.78 is 28.7. The first kappa shape index (κ1) is 13.9. The van der Waals surface area contributed by atoms with Gasteiger partial charge in [-0.25, -0.2) is 0 Å². The van der Waals surface area contributed by atoms with Crippen LogP contribution in [0.2, 0.25) is 0 Å². The molecule has 0 bridgehead atoms. The lowest BCUT2D eigenvalue weighted by Crippen LogP contribution is -2.33. The Morgan fingerprint density at radius 3 is 1.79 bits per heavy atom. The highest BCUT2D eigenvalue weighted by molar-refractivity contribution is 7.84. The standard InChI is InChI=1S/C9H21NO3S/c1-4-6-8-10(9-7-5-2)14(11,12)13-3/h4-9H2,1-3H3. The van der Waals surface area contributed by atoms with E-state index in [-0.39, 0.29) is 0 Å². The number of nitrogens with zero attached hydrogens (tertiary/aromatic N) is 1. The van der Waals surface area contributed by atoms with E-state index in [1.54, 1.807) is 0 Å². The van der Waals surface area contributed by atoms with Crippen molar-refractivity contribution in [1.82, 2.24) is 4.31 Å². The summed E-state index contributed by atoms with van der Waals surface area (Å²) in [4.78, 5) is 0. The summed E-state index contributed by atoms with van der Waals surface area (Å²) in [6, 6.07) is 0. The Balaban J connectivity index is 4.23. The van der Waals surface area contributed by atoms with Gasteiger partial charge in [-0.1, -0.05) is 26.7 Å². The summed E-state index contributed by atoms with van der Waals surface area (Å²) in [5, 5.41) is 0. The maximum atomic E-state index is 11.4. The summed E-state index contributed by atoms with van der Waals surface area (Å²) in [6.07, 6.45) is 3.74. The van der Waals surface area contributed by atoms with E-state index in [2.05, 4.69) is 4.18 Å². The first-order chi connectivity index (χ1) is 6.58. The molecule has 0 N–H and O–H groups in total. The molecule has 14 heavy (non-hydrogen) atoms. The first-order valence-electron chi connectivity index (χ1n) is 5.14. The Bertz CT molecular complexity index is 218. The number of hydrogen-bond acceptors (Lipinski definition) is 3. The predicted octanol–water partition coefficient (Wildman–Crippen LogP) is 1.78. The van der Waals surface area contributed by atoms with Gasteiger partial charge in [-0.3, -0.25) is 4.18 Å². The van der Waals surface area contributed by atoms with Crippen LogP contribution in [0.1, 0.15) is 39.5 Å². The van der Waals surface area contributed by atoms with Crippen LogP contribution < -0.4 is 0 Å². The fourth-order valence-electron chi connectivity index (χ4n) is 1.11. The van der Waals surface area contributed by atoms with Gasteiger partial charge in [0, 0.05) is 13.1 Å². The second-order valence-electron chi connectivity index (χ2n) is 3.23. The second kappa shape index (κ2) is 7.20. The number of rotatable bonds is 8. The third kappa shape index (κ3) is 4.93. The zero-order valence-electron chi connectivity index (χ0n) is 9.32. The minimum atomic E-state index is -3.47. The van der Waals surface area contributed by atoms with Crippen LogP contribution in [0.5, 0.6) is 0 Å². The maximum absolute atomic E-state index is 11.4. The van der Waals surface area contributed by atoms with Crippen molar-refractivity contribution in [3.63, 3.8) is 0 Å². The zero-order valence-corrected chi connectivity index (χ0v) is 10.1. The lowest BCUT2D eigenvalue weighted by molar-refractivity contribution is 0.306. The molecule has 0 aromatic carbocycles. The van der Waals surface area contributed by atoms with Gasteiger partial charge >= 0.3 is 10.3 Å². The average molecular weight is 223 g/mol. The van der Waals surface area contributed by atoms with Crippen LogP contribution in [0.25, 0.3) is 0 Å². The number of hydrogen-bond donors (Lipinski definition) is 0. The van der Waals surface area contributed by atoms with Gasteiger partial charge in [0.1, 0.15) is 0 Å². The van der Waals surface area contributed by atoms with E-state index in [0.29, 0.717) is 13.1 Å². The van der Waals surface area contributed by atoms with E-state index in [1.807, 2.05) is 13.8 Å². The van der Waals surface area contributed by atoms with Crippen LogP contribution in [0.15, 0.2) is 0 Å². The van der Waals surface area contributed by atoms with Crippen molar-refractivity contribution in [3.05, 3.63) is 0 Å². The van der Waals surface area contributed by atoms with Crippen molar-refractivity contribution in [2.24, 2.45) is 0 Å². The molecule has 86 valence electrons. The topological polar surface area (TPSA) is 46.6 Å². The fourth-order valence-corrected chi connectivity index (χ4v) is 2.03. The molecule has 0 amide bonds. The van der Waals surface area contributed by atoms with Gasteiger partial charge in [0.15, 0.2) is 0 Å². The normalized spacial score (nSPS) is 12.3. The zero-order chi connectivity index (χ0) is 11.0. The minimum absolute atomic E-state index is 0.562.